The third-order valence-electron chi connectivity index (χ3n) is 6.66. The van der Waals surface area contributed by atoms with E-state index in [1.807, 2.05) is 6.92 Å². The number of para-hydroxylation sites is 1. The van der Waals surface area contributed by atoms with Crippen LogP contribution >= 0.6 is 0 Å². The van der Waals surface area contributed by atoms with Crippen LogP contribution in [0.5, 0.6) is 0 Å². The summed E-state index contributed by atoms with van der Waals surface area (Å²) < 4.78 is 5.14. The molecule has 2 aliphatic heterocycles. The zero-order chi connectivity index (χ0) is 19.5. The molecule has 2 aliphatic rings. The maximum absolute atomic E-state index is 10.9. The van der Waals surface area contributed by atoms with Gasteiger partial charge in [0.25, 0.3) is 0 Å². The molecule has 2 saturated heterocycles. The highest BCUT2D eigenvalue weighted by molar-refractivity contribution is 5.83. The predicted molar refractivity (Wildman–Crippen MR) is 111 cm³/mol. The number of benzene rings is 1. The van der Waals surface area contributed by atoms with Gasteiger partial charge in [-0.3, -0.25) is 0 Å². The van der Waals surface area contributed by atoms with Gasteiger partial charge in [0.1, 0.15) is 6.10 Å². The first-order valence-corrected chi connectivity index (χ1v) is 10.6. The summed E-state index contributed by atoms with van der Waals surface area (Å²) >= 11 is 0. The molecule has 1 amide bonds. The molecule has 1 aromatic heterocycles. The number of primary amides is 1. The van der Waals surface area contributed by atoms with Crippen molar-refractivity contribution in [1.29, 1.82) is 0 Å². The summed E-state index contributed by atoms with van der Waals surface area (Å²) in [6.07, 6.45) is 6.09. The number of aromatic amines is 1. The summed E-state index contributed by atoms with van der Waals surface area (Å²) in [5.41, 5.74) is 7.87. The molecule has 0 bridgehead atoms. The Bertz CT molecular complexity index is 797. The number of rotatable bonds is 6. The molecule has 4 rings (SSSR count). The molecule has 1 aromatic carbocycles. The molecule has 2 aromatic rings. The van der Waals surface area contributed by atoms with E-state index in [4.69, 9.17) is 10.5 Å². The molecule has 3 unspecified atom stereocenters. The highest BCUT2D eigenvalue weighted by Crippen LogP contribution is 2.33. The number of ether oxygens (including phenoxy) is 1. The lowest BCUT2D eigenvalue weighted by molar-refractivity contribution is 0.0845. The third kappa shape index (κ3) is 4.33. The number of fused-ring (bicyclic) bond motifs is 1. The average molecular weight is 385 g/mol. The van der Waals surface area contributed by atoms with Crippen molar-refractivity contribution in [2.45, 2.75) is 50.7 Å². The van der Waals surface area contributed by atoms with Crippen LogP contribution < -0.4 is 11.1 Å². The molecule has 6 heteroatoms. The molecule has 0 radical (unpaired) electrons. The molecule has 4 N–H and O–H groups in total. The van der Waals surface area contributed by atoms with Gasteiger partial charge in [-0.25, -0.2) is 4.79 Å². The van der Waals surface area contributed by atoms with Crippen LogP contribution in [0.25, 0.3) is 10.9 Å². The summed E-state index contributed by atoms with van der Waals surface area (Å²) in [7, 11) is 0. The number of H-pyrrole nitrogens is 1. The minimum Gasteiger partial charge on any atom is -0.446 e. The first-order valence-electron chi connectivity index (χ1n) is 10.6. The lowest BCUT2D eigenvalue weighted by atomic mass is 9.89. The number of likely N-dealkylation sites (tertiary alicyclic amines) is 1. The van der Waals surface area contributed by atoms with Gasteiger partial charge in [0.05, 0.1) is 0 Å². The second-order valence-electron chi connectivity index (χ2n) is 8.44. The van der Waals surface area contributed by atoms with Crippen molar-refractivity contribution >= 4 is 17.0 Å². The Morgan fingerprint density at radius 1 is 1.32 bits per heavy atom. The van der Waals surface area contributed by atoms with E-state index in [1.165, 1.54) is 42.4 Å². The van der Waals surface area contributed by atoms with Crippen LogP contribution in [0.4, 0.5) is 4.79 Å². The summed E-state index contributed by atoms with van der Waals surface area (Å²) in [6.45, 7) is 6.32. The van der Waals surface area contributed by atoms with Gasteiger partial charge in [0.15, 0.2) is 0 Å². The van der Waals surface area contributed by atoms with Crippen LogP contribution in [0.2, 0.25) is 0 Å². The van der Waals surface area contributed by atoms with Crippen LogP contribution in [-0.4, -0.2) is 54.3 Å². The number of amides is 1. The molecule has 28 heavy (non-hydrogen) atoms. The fourth-order valence-electron chi connectivity index (χ4n) is 4.94. The van der Waals surface area contributed by atoms with Gasteiger partial charge in [-0.1, -0.05) is 18.2 Å². The SMILES string of the molecule is CC(OC(N)=O)C1CNC(CCN2CCC(c3c[nH]c4ccccc34)CC2)C1. The second-order valence-corrected chi connectivity index (χ2v) is 8.44. The van der Waals surface area contributed by atoms with Gasteiger partial charge in [-0.2, -0.15) is 0 Å². The van der Waals surface area contributed by atoms with Crippen molar-refractivity contribution in [2.75, 3.05) is 26.2 Å². The molecule has 2 fully saturated rings. The first-order chi connectivity index (χ1) is 13.6. The molecule has 152 valence electrons. The number of nitrogens with two attached hydrogens (primary N) is 1. The molecular weight excluding hydrogens is 352 g/mol. The highest BCUT2D eigenvalue weighted by atomic mass is 16.6. The Morgan fingerprint density at radius 3 is 2.89 bits per heavy atom. The number of hydrogen-bond donors (Lipinski definition) is 3. The maximum Gasteiger partial charge on any atom is 0.404 e. The van der Waals surface area contributed by atoms with Crippen LogP contribution in [0.3, 0.4) is 0 Å². The largest absolute Gasteiger partial charge is 0.446 e. The Kier molecular flexibility index (Phi) is 5.87. The van der Waals surface area contributed by atoms with Crippen molar-refractivity contribution in [2.24, 2.45) is 11.7 Å². The topological polar surface area (TPSA) is 83.4 Å². The molecular formula is C22H32N4O2. The molecule has 3 atom stereocenters. The number of piperidine rings is 1. The zero-order valence-corrected chi connectivity index (χ0v) is 16.7. The van der Waals surface area contributed by atoms with Crippen LogP contribution in [0, 0.1) is 5.92 Å². The summed E-state index contributed by atoms with van der Waals surface area (Å²) in [5.74, 6) is 1.03. The third-order valence-corrected chi connectivity index (χ3v) is 6.66. The molecule has 6 nitrogen and oxygen atoms in total. The minimum absolute atomic E-state index is 0.109. The number of nitrogens with zero attached hydrogens (tertiary/aromatic N) is 1. The van der Waals surface area contributed by atoms with E-state index >= 15 is 0 Å². The van der Waals surface area contributed by atoms with Crippen molar-refractivity contribution in [1.82, 2.24) is 15.2 Å². The number of nitrogens with one attached hydrogen (secondary N) is 2. The summed E-state index contributed by atoms with van der Waals surface area (Å²) in [6, 6.07) is 9.12. The van der Waals surface area contributed by atoms with E-state index in [2.05, 4.69) is 45.7 Å². The van der Waals surface area contributed by atoms with Crippen LogP contribution in [0.1, 0.15) is 44.1 Å². The fraction of sp³-hybridized carbons (Fsp3) is 0.591. The van der Waals surface area contributed by atoms with Crippen molar-refractivity contribution in [3.63, 3.8) is 0 Å². The van der Waals surface area contributed by atoms with E-state index in [9.17, 15) is 4.79 Å². The zero-order valence-electron chi connectivity index (χ0n) is 16.7. The van der Waals surface area contributed by atoms with Gasteiger partial charge in [-0.05, 0) is 69.8 Å². The summed E-state index contributed by atoms with van der Waals surface area (Å²) in [5, 5.41) is 4.97. The Morgan fingerprint density at radius 2 is 2.11 bits per heavy atom. The van der Waals surface area contributed by atoms with E-state index in [-0.39, 0.29) is 6.10 Å². The van der Waals surface area contributed by atoms with E-state index in [0.29, 0.717) is 17.9 Å². The Labute approximate surface area is 166 Å². The standard InChI is InChI=1S/C22H32N4O2/c1-15(28-22(23)27)17-12-18(24-13-17)8-11-26-9-6-16(7-10-26)20-14-25-21-5-3-2-4-19(20)21/h2-5,14-18,24-25H,6-13H2,1H3,(H2,23,27). The molecule has 0 spiro atoms. The molecule has 0 saturated carbocycles. The van der Waals surface area contributed by atoms with Crippen LogP contribution in [0.15, 0.2) is 30.5 Å². The van der Waals surface area contributed by atoms with Gasteiger partial charge >= 0.3 is 6.09 Å². The summed E-state index contributed by atoms with van der Waals surface area (Å²) in [4.78, 5) is 17.0. The van der Waals surface area contributed by atoms with E-state index in [1.54, 1.807) is 0 Å². The quantitative estimate of drug-likeness (QED) is 0.714. The second kappa shape index (κ2) is 8.53. The number of aromatic nitrogens is 1. The predicted octanol–water partition coefficient (Wildman–Crippen LogP) is 3.20. The van der Waals surface area contributed by atoms with Crippen molar-refractivity contribution in [3.05, 3.63) is 36.0 Å². The smallest absolute Gasteiger partial charge is 0.404 e. The van der Waals surface area contributed by atoms with Gasteiger partial charge < -0.3 is 25.7 Å². The molecule has 3 heterocycles. The average Bonchev–Trinajstić information content (AvgIpc) is 3.34. The van der Waals surface area contributed by atoms with E-state index < -0.39 is 6.09 Å². The number of carbonyl (C=O) groups is 1. The van der Waals surface area contributed by atoms with E-state index in [0.717, 1.165) is 25.9 Å². The van der Waals surface area contributed by atoms with Crippen LogP contribution in [-0.2, 0) is 4.74 Å². The lowest BCUT2D eigenvalue weighted by Crippen LogP contribution is -2.36. The van der Waals surface area contributed by atoms with Crippen molar-refractivity contribution < 1.29 is 9.53 Å². The van der Waals surface area contributed by atoms with Gasteiger partial charge in [0, 0.05) is 35.6 Å². The molecule has 0 aliphatic carbocycles. The first kappa shape index (κ1) is 19.3. The van der Waals surface area contributed by atoms with Crippen molar-refractivity contribution in [3.8, 4) is 0 Å². The Hall–Kier alpha value is -2.05. The monoisotopic (exact) mass is 384 g/mol. The fourth-order valence-corrected chi connectivity index (χ4v) is 4.94. The minimum atomic E-state index is -0.672. The maximum atomic E-state index is 10.9. The number of carbonyl (C=O) groups excluding carboxylic acids is 1. The van der Waals surface area contributed by atoms with Gasteiger partial charge in [-0.15, -0.1) is 0 Å². The van der Waals surface area contributed by atoms with Gasteiger partial charge in [0.2, 0.25) is 0 Å². The Balaban J connectivity index is 1.22. The highest BCUT2D eigenvalue weighted by Gasteiger charge is 2.30. The normalized spacial score (nSPS) is 25.2. The lowest BCUT2D eigenvalue weighted by Gasteiger charge is -2.32. The number of hydrogen-bond acceptors (Lipinski definition) is 4.